The van der Waals surface area contributed by atoms with Gasteiger partial charge in [-0.1, -0.05) is 124 Å². The molecule has 0 spiro atoms. The number of carbonyl (C=O) groups excluding carboxylic acids is 2. The number of hydrogen-bond acceptors (Lipinski definition) is 7. The Morgan fingerprint density at radius 3 is 1.70 bits per heavy atom. The second kappa shape index (κ2) is 40.4. The monoisotopic (exact) mass is 674 g/mol. The predicted octanol–water partition coefficient (Wildman–Crippen LogP) is 10.7. The lowest BCUT2D eigenvalue weighted by atomic mass is 10.0. The molecule has 0 aliphatic carbocycles. The molecule has 0 fully saturated rings. The van der Waals surface area contributed by atoms with Gasteiger partial charge in [0.15, 0.2) is 0 Å². The first-order valence-electron chi connectivity index (χ1n) is 19.7. The van der Waals surface area contributed by atoms with Gasteiger partial charge in [-0.15, -0.1) is 0 Å². The zero-order valence-corrected chi connectivity index (χ0v) is 32.0. The second-order valence-electron chi connectivity index (χ2n) is 13.4. The number of ether oxygens (including phenoxy) is 2. The summed E-state index contributed by atoms with van der Waals surface area (Å²) in [6, 6.07) is 0. The minimum Gasteiger partial charge on any atom is -0.465 e. The molecular weight excluding hydrogens is 594 g/mol. The molecule has 0 saturated carbocycles. The van der Waals surface area contributed by atoms with E-state index < -0.39 is 0 Å². The molecule has 1 N–H and O–H groups in total. The maximum atomic E-state index is 11.8. The van der Waals surface area contributed by atoms with Gasteiger partial charge in [-0.3, -0.25) is 9.59 Å². The van der Waals surface area contributed by atoms with Gasteiger partial charge < -0.3 is 19.5 Å². The first kappa shape index (κ1) is 47.3. The summed E-state index contributed by atoms with van der Waals surface area (Å²) in [5.41, 5.74) is 0. The molecule has 46 heavy (non-hydrogen) atoms. The quantitative estimate of drug-likeness (QED) is 0.0302. The minimum absolute atomic E-state index is 0.0265. The van der Waals surface area contributed by atoms with Crippen LogP contribution in [0.25, 0.3) is 0 Å². The largest absolute Gasteiger partial charge is 0.465 e. The third kappa shape index (κ3) is 37.7. The zero-order valence-electron chi connectivity index (χ0n) is 31.1. The second-order valence-corrected chi connectivity index (χ2v) is 13.9. The Morgan fingerprint density at radius 1 is 0.674 bits per heavy atom. The van der Waals surface area contributed by atoms with Gasteiger partial charge in [0.25, 0.3) is 6.47 Å². The Labute approximate surface area is 292 Å². The highest BCUT2D eigenvalue weighted by Crippen LogP contribution is 2.15. The molecule has 0 amide bonds. The van der Waals surface area contributed by atoms with Crippen LogP contribution in [0.15, 0.2) is 0 Å². The zero-order chi connectivity index (χ0) is 34.4. The molecule has 0 saturated heterocycles. The van der Waals surface area contributed by atoms with Crippen molar-refractivity contribution in [3.05, 3.63) is 0 Å². The fourth-order valence-electron chi connectivity index (χ4n) is 5.67. The Balaban J connectivity index is 0. The summed E-state index contributed by atoms with van der Waals surface area (Å²) in [6.07, 6.45) is 29.8. The summed E-state index contributed by atoms with van der Waals surface area (Å²) in [4.78, 5) is 24.6. The predicted molar refractivity (Wildman–Crippen MR) is 201 cm³/mol. The van der Waals surface area contributed by atoms with Crippen LogP contribution in [-0.2, 0) is 19.1 Å². The molecule has 2 atom stereocenters. The molecule has 0 aromatic carbocycles. The Hall–Kier alpha value is -0.790. The normalized spacial score (nSPS) is 12.4. The Bertz CT molecular complexity index is 609. The van der Waals surface area contributed by atoms with Crippen molar-refractivity contribution in [1.82, 2.24) is 4.90 Å². The molecule has 6 nitrogen and oxygen atoms in total. The Morgan fingerprint density at radius 2 is 1.17 bits per heavy atom. The van der Waals surface area contributed by atoms with Crippen molar-refractivity contribution < 1.29 is 24.2 Å². The summed E-state index contributed by atoms with van der Waals surface area (Å²) in [7, 11) is 0. The molecule has 2 unspecified atom stereocenters. The number of rotatable bonds is 35. The third-order valence-corrected chi connectivity index (χ3v) is 9.06. The van der Waals surface area contributed by atoms with E-state index in [1.807, 2.05) is 0 Å². The van der Waals surface area contributed by atoms with Gasteiger partial charge in [0.2, 0.25) is 0 Å². The van der Waals surface area contributed by atoms with Crippen LogP contribution in [0, 0.1) is 5.92 Å². The van der Waals surface area contributed by atoms with Crippen LogP contribution in [0.3, 0.4) is 0 Å². The van der Waals surface area contributed by atoms with E-state index in [9.17, 15) is 14.7 Å². The lowest BCUT2D eigenvalue weighted by Gasteiger charge is -2.21. The number of thiol groups is 1. The van der Waals surface area contributed by atoms with Gasteiger partial charge in [0.1, 0.15) is 6.10 Å². The van der Waals surface area contributed by atoms with E-state index in [2.05, 4.69) is 45.2 Å². The topological polar surface area (TPSA) is 76.1 Å². The fourth-order valence-corrected chi connectivity index (χ4v) is 5.89. The summed E-state index contributed by atoms with van der Waals surface area (Å²) < 4.78 is 10.5. The number of nitrogens with zero attached hydrogens (tertiary/aromatic N) is 1. The maximum Gasteiger partial charge on any atom is 0.305 e. The van der Waals surface area contributed by atoms with Gasteiger partial charge in [-0.05, 0) is 82.5 Å². The summed E-state index contributed by atoms with van der Waals surface area (Å²) >= 11 is 4.19. The lowest BCUT2D eigenvalue weighted by Crippen LogP contribution is -2.29. The molecule has 0 aromatic rings. The highest BCUT2D eigenvalue weighted by atomic mass is 32.1. The van der Waals surface area contributed by atoms with Crippen molar-refractivity contribution in [2.24, 2.45) is 5.92 Å². The van der Waals surface area contributed by atoms with Gasteiger partial charge in [0.05, 0.1) is 13.2 Å². The van der Waals surface area contributed by atoms with E-state index in [0.717, 1.165) is 70.3 Å². The number of aliphatic hydroxyl groups is 1. The standard InChI is InChI=1S/C25H51NO3.C14H28O2S/c1-4-6-8-9-12-15-19-26(21-22-27)20-16-13-10-11-14-18-25(28)29-23-24(3)17-7-5-2;1-2-3-4-5-7-10-14(16-13-15)11-8-6-9-12-17/h24,27H,4-23H2,1-3H3;13-14,17H,2-12H2,1H3. The van der Waals surface area contributed by atoms with Crippen molar-refractivity contribution in [2.45, 2.75) is 194 Å². The van der Waals surface area contributed by atoms with Gasteiger partial charge in [-0.25, -0.2) is 0 Å². The summed E-state index contributed by atoms with van der Waals surface area (Å²) in [5, 5.41) is 9.27. The molecule has 0 aliphatic heterocycles. The highest BCUT2D eigenvalue weighted by Gasteiger charge is 2.09. The maximum absolute atomic E-state index is 11.8. The molecule has 0 rings (SSSR count). The number of aliphatic hydroxyl groups excluding tert-OH is 1. The van der Waals surface area contributed by atoms with Crippen LogP contribution in [0.4, 0.5) is 0 Å². The first-order chi connectivity index (χ1) is 22.5. The summed E-state index contributed by atoms with van der Waals surface area (Å²) in [5.74, 6) is 1.41. The van der Waals surface area contributed by atoms with Gasteiger partial charge in [-0.2, -0.15) is 12.6 Å². The molecule has 0 radical (unpaired) electrons. The average Bonchev–Trinajstić information content (AvgIpc) is 3.05. The fraction of sp³-hybridized carbons (Fsp3) is 0.949. The third-order valence-electron chi connectivity index (χ3n) is 8.74. The molecule has 276 valence electrons. The molecule has 7 heteroatoms. The van der Waals surface area contributed by atoms with Gasteiger partial charge in [0, 0.05) is 13.0 Å². The number of hydrogen-bond donors (Lipinski definition) is 2. The van der Waals surface area contributed by atoms with Crippen molar-refractivity contribution in [1.29, 1.82) is 0 Å². The van der Waals surface area contributed by atoms with Crippen molar-refractivity contribution in [2.75, 3.05) is 38.6 Å². The van der Waals surface area contributed by atoms with Crippen LogP contribution in [0.1, 0.15) is 188 Å². The average molecular weight is 674 g/mol. The van der Waals surface area contributed by atoms with E-state index in [-0.39, 0.29) is 18.7 Å². The van der Waals surface area contributed by atoms with E-state index in [0.29, 0.717) is 25.4 Å². The molecule has 0 heterocycles. The van der Waals surface area contributed by atoms with Crippen molar-refractivity contribution >= 4 is 25.1 Å². The van der Waals surface area contributed by atoms with E-state index in [4.69, 9.17) is 9.47 Å². The van der Waals surface area contributed by atoms with E-state index in [1.54, 1.807) is 0 Å². The number of unbranched alkanes of at least 4 members (excludes halogenated alkanes) is 16. The van der Waals surface area contributed by atoms with Crippen LogP contribution in [-0.4, -0.2) is 67.2 Å². The smallest absolute Gasteiger partial charge is 0.305 e. The highest BCUT2D eigenvalue weighted by molar-refractivity contribution is 7.80. The molecule has 0 aromatic heterocycles. The first-order valence-corrected chi connectivity index (χ1v) is 20.3. The molecular formula is C39H79NO5S. The van der Waals surface area contributed by atoms with Gasteiger partial charge >= 0.3 is 5.97 Å². The van der Waals surface area contributed by atoms with E-state index in [1.165, 1.54) is 109 Å². The number of esters is 1. The lowest BCUT2D eigenvalue weighted by molar-refractivity contribution is -0.145. The van der Waals surface area contributed by atoms with E-state index >= 15 is 0 Å². The van der Waals surface area contributed by atoms with Crippen LogP contribution >= 0.6 is 12.6 Å². The summed E-state index contributed by atoms with van der Waals surface area (Å²) in [6.45, 7) is 13.3. The SMILES string of the molecule is CCCCCCCC(CCCCCS)OC=O.CCCCCCCCN(CCO)CCCCCCCC(=O)OCC(C)CCCC. The number of carbonyl (C=O) groups is 2. The van der Waals surface area contributed by atoms with Crippen molar-refractivity contribution in [3.8, 4) is 0 Å². The minimum atomic E-state index is -0.0265. The Kier molecular flexibility index (Phi) is 41.5. The molecule has 0 aliphatic rings. The van der Waals surface area contributed by atoms with Crippen LogP contribution < -0.4 is 0 Å². The van der Waals surface area contributed by atoms with Crippen LogP contribution in [0.5, 0.6) is 0 Å². The van der Waals surface area contributed by atoms with Crippen LogP contribution in [0.2, 0.25) is 0 Å². The molecule has 0 bridgehead atoms. The van der Waals surface area contributed by atoms with Crippen molar-refractivity contribution in [3.63, 3.8) is 0 Å².